The Labute approximate surface area is 144 Å². The third kappa shape index (κ3) is 4.60. The maximum atomic E-state index is 12.5. The number of carbonyl (C=O) groups is 2. The minimum absolute atomic E-state index is 0.0478. The fourth-order valence-electron chi connectivity index (χ4n) is 3.89. The molecule has 3 rings (SSSR count). The van der Waals surface area contributed by atoms with Crippen molar-refractivity contribution >= 4 is 11.9 Å². The van der Waals surface area contributed by atoms with Gasteiger partial charge in [-0.15, -0.1) is 0 Å². The molecule has 0 bridgehead atoms. The Bertz CT molecular complexity index is 433. The first kappa shape index (κ1) is 17.5. The van der Waals surface area contributed by atoms with E-state index in [1.54, 1.807) is 0 Å². The van der Waals surface area contributed by atoms with Crippen molar-refractivity contribution in [3.05, 3.63) is 0 Å². The van der Waals surface area contributed by atoms with Gasteiger partial charge in [-0.1, -0.05) is 0 Å². The van der Waals surface area contributed by atoms with Crippen molar-refractivity contribution in [2.45, 2.75) is 25.7 Å². The minimum atomic E-state index is -0.0478. The Morgan fingerprint density at radius 3 is 2.42 bits per heavy atom. The van der Waals surface area contributed by atoms with Gasteiger partial charge in [0.05, 0.1) is 5.92 Å². The van der Waals surface area contributed by atoms with E-state index in [9.17, 15) is 9.59 Å². The van der Waals surface area contributed by atoms with Gasteiger partial charge in [-0.2, -0.15) is 0 Å². The molecule has 3 saturated heterocycles. The molecule has 1 atom stereocenters. The van der Waals surface area contributed by atoms with Crippen LogP contribution in [0.15, 0.2) is 0 Å². The highest BCUT2D eigenvalue weighted by atomic mass is 16.2. The first-order chi connectivity index (χ1) is 11.7. The summed E-state index contributed by atoms with van der Waals surface area (Å²) in [6, 6.07) is 0.130. The Morgan fingerprint density at radius 2 is 1.67 bits per heavy atom. The average molecular weight is 337 g/mol. The second kappa shape index (κ2) is 8.67. The molecular formula is C17H31N5O2. The molecule has 3 fully saturated rings. The van der Waals surface area contributed by atoms with Crippen LogP contribution in [0.4, 0.5) is 4.79 Å². The van der Waals surface area contributed by atoms with Crippen LogP contribution in [0.1, 0.15) is 25.7 Å². The molecule has 1 unspecified atom stereocenters. The normalized spacial score (nSPS) is 25.8. The van der Waals surface area contributed by atoms with Crippen LogP contribution in [0, 0.1) is 5.92 Å². The fraction of sp³-hybridized carbons (Fsp3) is 0.882. The topological polar surface area (TPSA) is 67.9 Å². The van der Waals surface area contributed by atoms with E-state index in [0.717, 1.165) is 78.0 Å². The van der Waals surface area contributed by atoms with Gasteiger partial charge >= 0.3 is 6.03 Å². The quantitative estimate of drug-likeness (QED) is 0.754. The van der Waals surface area contributed by atoms with Gasteiger partial charge in [0.15, 0.2) is 0 Å². The second-order valence-corrected chi connectivity index (χ2v) is 7.14. The number of piperidine rings is 1. The maximum absolute atomic E-state index is 12.5. The first-order valence-corrected chi connectivity index (χ1v) is 9.48. The molecule has 0 saturated carbocycles. The van der Waals surface area contributed by atoms with E-state index in [1.165, 1.54) is 0 Å². The van der Waals surface area contributed by atoms with Crippen molar-refractivity contribution in [3.63, 3.8) is 0 Å². The third-order valence-corrected chi connectivity index (χ3v) is 5.38. The lowest BCUT2D eigenvalue weighted by molar-refractivity contribution is -0.126. The van der Waals surface area contributed by atoms with Gasteiger partial charge in [0.2, 0.25) is 5.91 Å². The van der Waals surface area contributed by atoms with E-state index in [2.05, 4.69) is 15.5 Å². The molecule has 0 aromatic carbocycles. The van der Waals surface area contributed by atoms with Gasteiger partial charge in [0.25, 0.3) is 0 Å². The van der Waals surface area contributed by atoms with Crippen molar-refractivity contribution in [1.29, 1.82) is 0 Å². The highest BCUT2D eigenvalue weighted by Gasteiger charge is 2.31. The van der Waals surface area contributed by atoms with Gasteiger partial charge in [0, 0.05) is 65.4 Å². The van der Waals surface area contributed by atoms with E-state index in [4.69, 9.17) is 0 Å². The number of carbonyl (C=O) groups excluding carboxylic acids is 2. The molecule has 0 spiro atoms. The summed E-state index contributed by atoms with van der Waals surface area (Å²) >= 11 is 0. The largest absolute Gasteiger partial charge is 0.355 e. The minimum Gasteiger partial charge on any atom is -0.355 e. The number of amides is 3. The summed E-state index contributed by atoms with van der Waals surface area (Å²) in [6.07, 6.45) is 4.03. The van der Waals surface area contributed by atoms with Crippen molar-refractivity contribution in [3.8, 4) is 0 Å². The summed E-state index contributed by atoms with van der Waals surface area (Å²) in [7, 11) is 0. The van der Waals surface area contributed by atoms with Gasteiger partial charge in [-0.05, 0) is 25.7 Å². The fourth-order valence-corrected chi connectivity index (χ4v) is 3.89. The van der Waals surface area contributed by atoms with Crippen molar-refractivity contribution in [2.75, 3.05) is 65.4 Å². The molecule has 3 amide bonds. The number of urea groups is 1. The Balaban J connectivity index is 1.40. The predicted molar refractivity (Wildman–Crippen MR) is 92.8 cm³/mol. The standard InChI is InChI=1S/C17H31N5O2/c23-16(19-7-13-20-11-5-18-6-12-20)15-4-3-10-22(14-15)17(24)21-8-1-2-9-21/h15,18H,1-14H2,(H,19,23). The number of rotatable bonds is 4. The highest BCUT2D eigenvalue weighted by Crippen LogP contribution is 2.19. The Hall–Kier alpha value is -1.34. The van der Waals surface area contributed by atoms with E-state index in [-0.39, 0.29) is 17.9 Å². The number of likely N-dealkylation sites (tertiary alicyclic amines) is 2. The summed E-state index contributed by atoms with van der Waals surface area (Å²) in [4.78, 5) is 31.1. The van der Waals surface area contributed by atoms with E-state index in [1.807, 2.05) is 9.80 Å². The zero-order valence-corrected chi connectivity index (χ0v) is 14.6. The van der Waals surface area contributed by atoms with Gasteiger partial charge < -0.3 is 20.4 Å². The lowest BCUT2D eigenvalue weighted by Crippen LogP contribution is -2.50. The highest BCUT2D eigenvalue weighted by molar-refractivity contribution is 5.81. The van der Waals surface area contributed by atoms with Crippen molar-refractivity contribution < 1.29 is 9.59 Å². The van der Waals surface area contributed by atoms with Crippen LogP contribution in [-0.2, 0) is 4.79 Å². The summed E-state index contributed by atoms with van der Waals surface area (Å²) in [5.41, 5.74) is 0. The van der Waals surface area contributed by atoms with Crippen LogP contribution < -0.4 is 10.6 Å². The lowest BCUT2D eigenvalue weighted by Gasteiger charge is -2.34. The van der Waals surface area contributed by atoms with Gasteiger partial charge in [-0.3, -0.25) is 9.69 Å². The first-order valence-electron chi connectivity index (χ1n) is 9.48. The predicted octanol–water partition coefficient (Wildman–Crippen LogP) is -0.0644. The molecule has 3 aliphatic rings. The van der Waals surface area contributed by atoms with Crippen LogP contribution >= 0.6 is 0 Å². The average Bonchev–Trinajstić information content (AvgIpc) is 3.16. The molecule has 136 valence electrons. The smallest absolute Gasteiger partial charge is 0.320 e. The number of nitrogens with zero attached hydrogens (tertiary/aromatic N) is 3. The zero-order chi connectivity index (χ0) is 16.8. The molecule has 2 N–H and O–H groups in total. The molecule has 7 nitrogen and oxygen atoms in total. The molecule has 3 heterocycles. The molecule has 0 aromatic heterocycles. The van der Waals surface area contributed by atoms with E-state index < -0.39 is 0 Å². The number of piperazine rings is 1. The monoisotopic (exact) mass is 337 g/mol. The van der Waals surface area contributed by atoms with Crippen LogP contribution in [0.5, 0.6) is 0 Å². The number of hydrogen-bond acceptors (Lipinski definition) is 4. The van der Waals surface area contributed by atoms with Gasteiger partial charge in [0.1, 0.15) is 0 Å². The van der Waals surface area contributed by atoms with Crippen LogP contribution in [0.25, 0.3) is 0 Å². The molecule has 24 heavy (non-hydrogen) atoms. The molecule has 3 aliphatic heterocycles. The van der Waals surface area contributed by atoms with E-state index in [0.29, 0.717) is 13.1 Å². The molecule has 0 aliphatic carbocycles. The lowest BCUT2D eigenvalue weighted by atomic mass is 9.97. The van der Waals surface area contributed by atoms with Gasteiger partial charge in [-0.25, -0.2) is 4.79 Å². The summed E-state index contributed by atoms with van der Waals surface area (Å²) in [6.45, 7) is 8.90. The Kier molecular flexibility index (Phi) is 6.31. The SMILES string of the molecule is O=C(NCCN1CCNCC1)C1CCCN(C(=O)N2CCCC2)C1. The van der Waals surface area contributed by atoms with Crippen molar-refractivity contribution in [2.24, 2.45) is 5.92 Å². The number of hydrogen-bond donors (Lipinski definition) is 2. The molecule has 0 aromatic rings. The summed E-state index contributed by atoms with van der Waals surface area (Å²) < 4.78 is 0. The van der Waals surface area contributed by atoms with Crippen LogP contribution in [0.3, 0.4) is 0 Å². The second-order valence-electron chi connectivity index (χ2n) is 7.14. The van der Waals surface area contributed by atoms with Crippen molar-refractivity contribution in [1.82, 2.24) is 25.3 Å². The van der Waals surface area contributed by atoms with Crippen LogP contribution in [-0.4, -0.2) is 92.1 Å². The van der Waals surface area contributed by atoms with E-state index >= 15 is 0 Å². The summed E-state index contributed by atoms with van der Waals surface area (Å²) in [5.74, 6) is 0.0670. The Morgan fingerprint density at radius 1 is 0.958 bits per heavy atom. The molecular weight excluding hydrogens is 306 g/mol. The summed E-state index contributed by atoms with van der Waals surface area (Å²) in [5, 5.41) is 6.41. The zero-order valence-electron chi connectivity index (χ0n) is 14.6. The number of nitrogens with one attached hydrogen (secondary N) is 2. The molecule has 0 radical (unpaired) electrons. The maximum Gasteiger partial charge on any atom is 0.320 e. The van der Waals surface area contributed by atoms with Crippen LogP contribution in [0.2, 0.25) is 0 Å². The molecule has 7 heteroatoms. The third-order valence-electron chi connectivity index (χ3n) is 5.38.